The van der Waals surface area contributed by atoms with E-state index in [2.05, 4.69) is 41.3 Å². The van der Waals surface area contributed by atoms with Crippen molar-refractivity contribution in [3.63, 3.8) is 0 Å². The van der Waals surface area contributed by atoms with Crippen LogP contribution in [0.1, 0.15) is 37.7 Å². The van der Waals surface area contributed by atoms with E-state index in [1.54, 1.807) is 7.11 Å². The van der Waals surface area contributed by atoms with E-state index in [1.165, 1.54) is 29.2 Å². The highest BCUT2D eigenvalue weighted by Crippen LogP contribution is 2.30. The number of carbonyl (C=O) groups is 1. The van der Waals surface area contributed by atoms with Gasteiger partial charge >= 0.3 is 5.97 Å². The highest BCUT2D eigenvalue weighted by Gasteiger charge is 2.27. The molecule has 2 aromatic rings. The Morgan fingerprint density at radius 3 is 2.55 bits per heavy atom. The SMILES string of the molecule is COCC1CCC(Oc2ccc3cc(CN4CC[C@@H](C(=O)O)C4)ccc3c2)CC1. The summed E-state index contributed by atoms with van der Waals surface area (Å²) in [6.45, 7) is 3.17. The molecule has 2 aromatic carbocycles. The predicted octanol–water partition coefficient (Wildman–Crippen LogP) is 4.33. The van der Waals surface area contributed by atoms with Crippen LogP contribution in [0.4, 0.5) is 0 Å². The Balaban J connectivity index is 1.36. The second-order valence-electron chi connectivity index (χ2n) is 8.62. The molecule has 1 atom stereocenters. The largest absolute Gasteiger partial charge is 0.490 e. The van der Waals surface area contributed by atoms with E-state index >= 15 is 0 Å². The molecule has 29 heavy (non-hydrogen) atoms. The Kier molecular flexibility index (Phi) is 6.36. The Morgan fingerprint density at radius 1 is 1.07 bits per heavy atom. The predicted molar refractivity (Wildman–Crippen MR) is 113 cm³/mol. The van der Waals surface area contributed by atoms with Gasteiger partial charge in [0.1, 0.15) is 5.75 Å². The maximum atomic E-state index is 11.2. The molecule has 5 nitrogen and oxygen atoms in total. The van der Waals surface area contributed by atoms with Crippen molar-refractivity contribution >= 4 is 16.7 Å². The van der Waals surface area contributed by atoms with Gasteiger partial charge in [-0.25, -0.2) is 0 Å². The quantitative estimate of drug-likeness (QED) is 0.754. The molecule has 0 radical (unpaired) electrons. The molecule has 0 amide bonds. The molecule has 1 saturated carbocycles. The fourth-order valence-corrected chi connectivity index (χ4v) is 4.73. The topological polar surface area (TPSA) is 59.0 Å². The normalized spacial score (nSPS) is 25.3. The van der Waals surface area contributed by atoms with Crippen molar-refractivity contribution in [1.29, 1.82) is 0 Å². The third-order valence-electron chi connectivity index (χ3n) is 6.40. The number of benzene rings is 2. The number of ether oxygens (including phenoxy) is 2. The zero-order valence-electron chi connectivity index (χ0n) is 17.2. The molecule has 2 fully saturated rings. The average molecular weight is 398 g/mol. The van der Waals surface area contributed by atoms with Crippen LogP contribution in [0.15, 0.2) is 36.4 Å². The van der Waals surface area contributed by atoms with Crippen LogP contribution in [-0.2, 0) is 16.1 Å². The molecule has 156 valence electrons. The van der Waals surface area contributed by atoms with Crippen LogP contribution in [0.3, 0.4) is 0 Å². The molecule has 0 spiro atoms. The molecule has 2 aliphatic rings. The Morgan fingerprint density at radius 2 is 1.83 bits per heavy atom. The third kappa shape index (κ3) is 5.09. The van der Waals surface area contributed by atoms with Crippen molar-refractivity contribution in [2.45, 2.75) is 44.8 Å². The van der Waals surface area contributed by atoms with E-state index < -0.39 is 5.97 Å². The van der Waals surface area contributed by atoms with Gasteiger partial charge in [-0.15, -0.1) is 0 Å². The minimum Gasteiger partial charge on any atom is -0.490 e. The lowest BCUT2D eigenvalue weighted by atomic mass is 9.88. The number of carboxylic acid groups (broad SMARTS) is 1. The molecule has 1 heterocycles. The maximum Gasteiger partial charge on any atom is 0.307 e. The summed E-state index contributed by atoms with van der Waals surface area (Å²) in [6, 6.07) is 12.9. The van der Waals surface area contributed by atoms with E-state index in [4.69, 9.17) is 9.47 Å². The maximum absolute atomic E-state index is 11.2. The molecule has 5 heteroatoms. The van der Waals surface area contributed by atoms with Crippen LogP contribution in [0.25, 0.3) is 10.8 Å². The number of fused-ring (bicyclic) bond motifs is 1. The molecular formula is C24H31NO4. The van der Waals surface area contributed by atoms with Crippen LogP contribution in [0, 0.1) is 11.8 Å². The van der Waals surface area contributed by atoms with Crippen LogP contribution < -0.4 is 4.74 Å². The first-order valence-corrected chi connectivity index (χ1v) is 10.7. The summed E-state index contributed by atoms with van der Waals surface area (Å²) in [5.74, 6) is 0.728. The van der Waals surface area contributed by atoms with Crippen molar-refractivity contribution in [3.8, 4) is 5.75 Å². The fraction of sp³-hybridized carbons (Fsp3) is 0.542. The van der Waals surface area contributed by atoms with Gasteiger partial charge in [0, 0.05) is 26.8 Å². The van der Waals surface area contributed by atoms with Gasteiger partial charge in [-0.3, -0.25) is 9.69 Å². The summed E-state index contributed by atoms with van der Waals surface area (Å²) in [4.78, 5) is 13.4. The van der Waals surface area contributed by atoms with Crippen molar-refractivity contribution in [3.05, 3.63) is 42.0 Å². The Bertz CT molecular complexity index is 844. The zero-order chi connectivity index (χ0) is 20.2. The first-order valence-electron chi connectivity index (χ1n) is 10.7. The number of nitrogens with zero attached hydrogens (tertiary/aromatic N) is 1. The first-order chi connectivity index (χ1) is 14.1. The summed E-state index contributed by atoms with van der Waals surface area (Å²) >= 11 is 0. The van der Waals surface area contributed by atoms with Crippen molar-refractivity contribution in [1.82, 2.24) is 4.90 Å². The van der Waals surface area contributed by atoms with E-state index in [0.29, 0.717) is 18.6 Å². The van der Waals surface area contributed by atoms with Gasteiger partial charge in [-0.1, -0.05) is 18.2 Å². The number of hydrogen-bond donors (Lipinski definition) is 1. The van der Waals surface area contributed by atoms with Gasteiger partial charge < -0.3 is 14.6 Å². The number of likely N-dealkylation sites (tertiary alicyclic amines) is 1. The highest BCUT2D eigenvalue weighted by molar-refractivity contribution is 5.84. The van der Waals surface area contributed by atoms with Crippen LogP contribution in [-0.4, -0.2) is 48.9 Å². The van der Waals surface area contributed by atoms with Crippen LogP contribution in [0.2, 0.25) is 0 Å². The summed E-state index contributed by atoms with van der Waals surface area (Å²) in [6.07, 6.45) is 5.59. The smallest absolute Gasteiger partial charge is 0.307 e. The van der Waals surface area contributed by atoms with Gasteiger partial charge in [0.15, 0.2) is 0 Å². The van der Waals surface area contributed by atoms with E-state index in [-0.39, 0.29) is 5.92 Å². The number of methoxy groups -OCH3 is 1. The lowest BCUT2D eigenvalue weighted by Crippen LogP contribution is -2.25. The summed E-state index contributed by atoms with van der Waals surface area (Å²) in [5, 5.41) is 11.6. The molecule has 1 aliphatic carbocycles. The minimum absolute atomic E-state index is 0.222. The summed E-state index contributed by atoms with van der Waals surface area (Å²) in [7, 11) is 1.78. The molecule has 1 saturated heterocycles. The third-order valence-corrected chi connectivity index (χ3v) is 6.40. The fourth-order valence-electron chi connectivity index (χ4n) is 4.73. The first kappa shape index (κ1) is 20.2. The number of hydrogen-bond acceptors (Lipinski definition) is 4. The van der Waals surface area contributed by atoms with E-state index in [9.17, 15) is 9.90 Å². The van der Waals surface area contributed by atoms with Gasteiger partial charge in [-0.05, 0) is 79.1 Å². The van der Waals surface area contributed by atoms with Gasteiger partial charge in [0.05, 0.1) is 12.0 Å². The van der Waals surface area contributed by atoms with Gasteiger partial charge in [0.2, 0.25) is 0 Å². The molecule has 0 bridgehead atoms. The van der Waals surface area contributed by atoms with E-state index in [1.807, 2.05) is 0 Å². The minimum atomic E-state index is -0.675. The van der Waals surface area contributed by atoms with Crippen molar-refractivity contribution in [2.75, 3.05) is 26.8 Å². The number of aliphatic carboxylic acids is 1. The molecule has 4 rings (SSSR count). The van der Waals surface area contributed by atoms with Crippen molar-refractivity contribution in [2.24, 2.45) is 11.8 Å². The Hall–Kier alpha value is -2.11. The number of rotatable bonds is 7. The van der Waals surface area contributed by atoms with Crippen molar-refractivity contribution < 1.29 is 19.4 Å². The average Bonchev–Trinajstić information content (AvgIpc) is 3.19. The van der Waals surface area contributed by atoms with E-state index in [0.717, 1.165) is 44.7 Å². The van der Waals surface area contributed by atoms with Crippen LogP contribution >= 0.6 is 0 Å². The second kappa shape index (κ2) is 9.14. The molecular weight excluding hydrogens is 366 g/mol. The zero-order valence-corrected chi connectivity index (χ0v) is 17.2. The Labute approximate surface area is 172 Å². The van der Waals surface area contributed by atoms with Crippen LogP contribution in [0.5, 0.6) is 5.75 Å². The monoisotopic (exact) mass is 397 g/mol. The summed E-state index contributed by atoms with van der Waals surface area (Å²) in [5.41, 5.74) is 1.23. The second-order valence-corrected chi connectivity index (χ2v) is 8.62. The molecule has 0 aromatic heterocycles. The number of carboxylic acids is 1. The standard InChI is InChI=1S/C24H31NO4/c1-28-16-17-3-7-22(8-4-17)29-23-9-6-19-12-18(2-5-20(19)13-23)14-25-11-10-21(15-25)24(26)27/h2,5-6,9,12-13,17,21-22H,3-4,7-8,10-11,14-16H2,1H3,(H,26,27)/t17?,21-,22?/m1/s1. The van der Waals surface area contributed by atoms with Gasteiger partial charge in [-0.2, -0.15) is 0 Å². The molecule has 0 unspecified atom stereocenters. The summed E-state index contributed by atoms with van der Waals surface area (Å²) < 4.78 is 11.5. The molecule has 1 N–H and O–H groups in total. The highest BCUT2D eigenvalue weighted by atomic mass is 16.5. The lowest BCUT2D eigenvalue weighted by Gasteiger charge is -2.28. The van der Waals surface area contributed by atoms with Gasteiger partial charge in [0.25, 0.3) is 0 Å². The molecule has 1 aliphatic heterocycles. The lowest BCUT2D eigenvalue weighted by molar-refractivity contribution is -0.141.